The van der Waals surface area contributed by atoms with E-state index < -0.39 is 43.3 Å². The molecule has 0 amide bonds. The molecule has 0 aromatic carbocycles. The van der Waals surface area contributed by atoms with Gasteiger partial charge in [0.1, 0.15) is 24.9 Å². The molecule has 0 aromatic rings. The van der Waals surface area contributed by atoms with Crippen LogP contribution >= 0.6 is 0 Å². The van der Waals surface area contributed by atoms with Gasteiger partial charge >= 0.3 is 5.97 Å². The summed E-state index contributed by atoms with van der Waals surface area (Å²) in [5.74, 6) is -1.70. The molecule has 8 nitrogen and oxygen atoms in total. The fourth-order valence-corrected chi connectivity index (χ4v) is 0.930. The number of hydrogen-bond acceptors (Lipinski definition) is 7. The lowest BCUT2D eigenvalue weighted by atomic mass is 10.1. The van der Waals surface area contributed by atoms with E-state index in [0.29, 0.717) is 6.42 Å². The maximum absolute atomic E-state index is 10.5. The van der Waals surface area contributed by atoms with Crippen molar-refractivity contribution in [3.8, 4) is 0 Å². The maximum Gasteiger partial charge on any atom is 0.303 e. The van der Waals surface area contributed by atoms with Gasteiger partial charge in [-0.2, -0.15) is 0 Å². The molecule has 0 rings (SSSR count). The second-order valence-electron chi connectivity index (χ2n) is 3.81. The van der Waals surface area contributed by atoms with Gasteiger partial charge in [-0.25, -0.2) is 0 Å². The van der Waals surface area contributed by atoms with Gasteiger partial charge in [-0.3, -0.25) is 9.59 Å². The number of Topliss-reactive ketones (excluding diaryl/α,β-unsaturated/α-hetero) is 1. The predicted molar refractivity (Wildman–Crippen MR) is 64.4 cm³/mol. The Kier molecular flexibility index (Phi) is 12.8. The summed E-state index contributed by atoms with van der Waals surface area (Å²) < 4.78 is 0. The van der Waals surface area contributed by atoms with Crippen LogP contribution in [0.5, 0.6) is 0 Å². The summed E-state index contributed by atoms with van der Waals surface area (Å²) in [6.45, 7) is 0.288. The topological polar surface area (TPSA) is 156 Å². The number of carboxylic acids is 1. The second kappa shape index (κ2) is 12.0. The average Bonchev–Trinajstić information content (AvgIpc) is 2.42. The first-order chi connectivity index (χ1) is 8.81. The van der Waals surface area contributed by atoms with E-state index in [1.165, 1.54) is 0 Å². The Bertz CT molecular complexity index is 255. The van der Waals surface area contributed by atoms with Crippen LogP contribution in [0.3, 0.4) is 0 Å². The van der Waals surface area contributed by atoms with Crippen LogP contribution in [0.15, 0.2) is 0 Å². The van der Waals surface area contributed by atoms with Crippen molar-refractivity contribution >= 4 is 11.8 Å². The molecule has 19 heavy (non-hydrogen) atoms. The van der Waals surface area contributed by atoms with Crippen molar-refractivity contribution in [2.45, 2.75) is 44.5 Å². The van der Waals surface area contributed by atoms with Crippen molar-refractivity contribution in [2.24, 2.45) is 0 Å². The van der Waals surface area contributed by atoms with E-state index in [-0.39, 0.29) is 0 Å². The zero-order chi connectivity index (χ0) is 15.4. The number of carbonyl (C=O) groups is 2. The number of hydrogen-bond donors (Lipinski definition) is 6. The molecule has 0 bridgehead atoms. The normalized spacial score (nSPS) is 14.8. The summed E-state index contributed by atoms with van der Waals surface area (Å²) in [6.07, 6.45) is -3.14. The number of aliphatic carboxylic acids is 1. The largest absolute Gasteiger partial charge is 0.481 e. The van der Waals surface area contributed by atoms with Crippen LogP contribution in [0, 0.1) is 0 Å². The molecule has 0 radical (unpaired) electrons. The maximum atomic E-state index is 10.5. The molecule has 0 heterocycles. The SMILES string of the molecule is CCCCC(=O)O.O=C(CO)[C@H](O)[C@@H](O)[C@H](O)CO. The smallest absolute Gasteiger partial charge is 0.303 e. The van der Waals surface area contributed by atoms with Gasteiger partial charge in [-0.05, 0) is 6.42 Å². The Hall–Kier alpha value is -1.06. The van der Waals surface area contributed by atoms with E-state index >= 15 is 0 Å². The Balaban J connectivity index is 0. The van der Waals surface area contributed by atoms with E-state index in [1.54, 1.807) is 0 Å². The molecule has 0 fully saturated rings. The van der Waals surface area contributed by atoms with Gasteiger partial charge in [0.2, 0.25) is 0 Å². The zero-order valence-electron chi connectivity index (χ0n) is 10.8. The minimum absolute atomic E-state index is 0.316. The van der Waals surface area contributed by atoms with Gasteiger partial charge in [0.05, 0.1) is 6.61 Å². The summed E-state index contributed by atoms with van der Waals surface area (Å²) in [7, 11) is 0. The van der Waals surface area contributed by atoms with Crippen molar-refractivity contribution < 1.29 is 40.2 Å². The van der Waals surface area contributed by atoms with Crippen molar-refractivity contribution in [3.05, 3.63) is 0 Å². The molecule has 0 aliphatic carbocycles. The van der Waals surface area contributed by atoms with Crippen LogP contribution in [0.25, 0.3) is 0 Å². The molecule has 0 unspecified atom stereocenters. The Morgan fingerprint density at radius 3 is 1.89 bits per heavy atom. The molecule has 0 saturated heterocycles. The van der Waals surface area contributed by atoms with Gasteiger partial charge < -0.3 is 30.6 Å². The highest BCUT2D eigenvalue weighted by molar-refractivity contribution is 5.84. The molecule has 0 spiro atoms. The lowest BCUT2D eigenvalue weighted by Gasteiger charge is -2.19. The molecule has 0 aliphatic rings. The third kappa shape index (κ3) is 10.5. The lowest BCUT2D eigenvalue weighted by Crippen LogP contribution is -2.44. The Morgan fingerprint density at radius 2 is 1.63 bits per heavy atom. The molecule has 3 atom stereocenters. The van der Waals surface area contributed by atoms with Crippen molar-refractivity contribution in [1.82, 2.24) is 0 Å². The molecule has 114 valence electrons. The molecule has 6 N–H and O–H groups in total. The first-order valence-electron chi connectivity index (χ1n) is 5.82. The lowest BCUT2D eigenvalue weighted by molar-refractivity contribution is -0.142. The molecular formula is C11H22O8. The summed E-state index contributed by atoms with van der Waals surface area (Å²) in [5, 5.41) is 51.1. The van der Waals surface area contributed by atoms with E-state index in [0.717, 1.165) is 12.8 Å². The van der Waals surface area contributed by atoms with Crippen LogP contribution in [0.1, 0.15) is 26.2 Å². The summed E-state index contributed by atoms with van der Waals surface area (Å²) in [4.78, 5) is 20.3. The van der Waals surface area contributed by atoms with Crippen LogP contribution < -0.4 is 0 Å². The van der Waals surface area contributed by atoms with E-state index in [4.69, 9.17) is 30.6 Å². The van der Waals surface area contributed by atoms with Gasteiger partial charge in [-0.1, -0.05) is 13.3 Å². The van der Waals surface area contributed by atoms with E-state index in [2.05, 4.69) is 0 Å². The van der Waals surface area contributed by atoms with Crippen molar-refractivity contribution in [3.63, 3.8) is 0 Å². The fraction of sp³-hybridized carbons (Fsp3) is 0.818. The number of carbonyl (C=O) groups excluding carboxylic acids is 1. The zero-order valence-corrected chi connectivity index (χ0v) is 10.8. The number of aliphatic hydroxyl groups is 5. The van der Waals surface area contributed by atoms with Crippen LogP contribution in [0.4, 0.5) is 0 Å². The number of unbranched alkanes of at least 4 members (excludes halogenated alkanes) is 1. The third-order valence-electron chi connectivity index (χ3n) is 2.13. The average molecular weight is 282 g/mol. The number of carboxylic acid groups (broad SMARTS) is 1. The standard InChI is InChI=1S/C6H12O6.C5H10O2/c7-1-3(9)5(11)6(12)4(10)2-8;1-2-3-4-5(6)7/h3,5-9,11-12H,1-2H2;2-4H2,1H3,(H,6,7)/t3-,5+,6+;/m1./s1. The minimum atomic E-state index is -1.86. The highest BCUT2D eigenvalue weighted by Gasteiger charge is 2.28. The molecular weight excluding hydrogens is 260 g/mol. The quantitative estimate of drug-likeness (QED) is 0.295. The number of rotatable bonds is 8. The van der Waals surface area contributed by atoms with Crippen molar-refractivity contribution in [1.29, 1.82) is 0 Å². The van der Waals surface area contributed by atoms with Crippen LogP contribution in [-0.4, -0.2) is 73.9 Å². The monoisotopic (exact) mass is 282 g/mol. The first-order valence-corrected chi connectivity index (χ1v) is 5.82. The van der Waals surface area contributed by atoms with E-state index in [9.17, 15) is 9.59 Å². The van der Waals surface area contributed by atoms with Gasteiger partial charge in [0.25, 0.3) is 0 Å². The van der Waals surface area contributed by atoms with Crippen LogP contribution in [-0.2, 0) is 9.59 Å². The number of ketones is 1. The van der Waals surface area contributed by atoms with Gasteiger partial charge in [-0.15, -0.1) is 0 Å². The predicted octanol–water partition coefficient (Wildman–Crippen LogP) is -2.12. The highest BCUT2D eigenvalue weighted by Crippen LogP contribution is 2.00. The fourth-order valence-electron chi connectivity index (χ4n) is 0.930. The van der Waals surface area contributed by atoms with Crippen molar-refractivity contribution in [2.75, 3.05) is 13.2 Å². The summed E-state index contributed by atoms with van der Waals surface area (Å²) in [5.41, 5.74) is 0. The molecule has 8 heteroatoms. The Labute approximate surface area is 110 Å². The molecule has 0 aliphatic heterocycles. The van der Waals surface area contributed by atoms with Crippen LogP contribution in [0.2, 0.25) is 0 Å². The highest BCUT2D eigenvalue weighted by atomic mass is 16.4. The summed E-state index contributed by atoms with van der Waals surface area (Å²) >= 11 is 0. The molecule has 0 saturated carbocycles. The minimum Gasteiger partial charge on any atom is -0.481 e. The molecule has 0 aromatic heterocycles. The first kappa shape index (κ1) is 20.3. The summed E-state index contributed by atoms with van der Waals surface area (Å²) in [6, 6.07) is 0. The number of aliphatic hydroxyl groups excluding tert-OH is 5. The second-order valence-corrected chi connectivity index (χ2v) is 3.81. The van der Waals surface area contributed by atoms with Gasteiger partial charge in [0, 0.05) is 6.42 Å². The third-order valence-corrected chi connectivity index (χ3v) is 2.13. The van der Waals surface area contributed by atoms with E-state index in [1.807, 2.05) is 6.92 Å². The Morgan fingerprint density at radius 1 is 1.11 bits per heavy atom. The van der Waals surface area contributed by atoms with Gasteiger partial charge in [0.15, 0.2) is 5.78 Å².